The summed E-state index contributed by atoms with van der Waals surface area (Å²) in [7, 11) is 1.56. The SMILES string of the molecule is COc1ccc(Br)c2ncc(C#N)c(NN)c12. The number of nitrogens with one attached hydrogen (secondary N) is 1. The second-order valence-corrected chi connectivity index (χ2v) is 4.13. The van der Waals surface area contributed by atoms with Crippen LogP contribution >= 0.6 is 15.9 Å². The zero-order valence-electron chi connectivity index (χ0n) is 8.99. The van der Waals surface area contributed by atoms with E-state index in [1.54, 1.807) is 13.2 Å². The lowest BCUT2D eigenvalue weighted by Crippen LogP contribution is -2.10. The van der Waals surface area contributed by atoms with Gasteiger partial charge < -0.3 is 10.2 Å². The lowest BCUT2D eigenvalue weighted by molar-refractivity contribution is 0.420. The number of methoxy groups -OCH3 is 1. The van der Waals surface area contributed by atoms with Crippen molar-refractivity contribution in [1.82, 2.24) is 4.98 Å². The van der Waals surface area contributed by atoms with Gasteiger partial charge in [-0.3, -0.25) is 10.8 Å². The van der Waals surface area contributed by atoms with Gasteiger partial charge in [0.1, 0.15) is 11.8 Å². The summed E-state index contributed by atoms with van der Waals surface area (Å²) in [6.07, 6.45) is 1.47. The lowest BCUT2D eigenvalue weighted by Gasteiger charge is -2.11. The molecule has 0 amide bonds. The van der Waals surface area contributed by atoms with Crippen molar-refractivity contribution in [2.45, 2.75) is 0 Å². The zero-order chi connectivity index (χ0) is 12.4. The molecule has 3 N–H and O–H groups in total. The van der Waals surface area contributed by atoms with E-state index in [4.69, 9.17) is 15.8 Å². The number of pyridine rings is 1. The second-order valence-electron chi connectivity index (χ2n) is 3.28. The van der Waals surface area contributed by atoms with Gasteiger partial charge in [-0.1, -0.05) is 0 Å². The second kappa shape index (κ2) is 4.57. The Morgan fingerprint density at radius 1 is 1.53 bits per heavy atom. The molecular formula is C11H9BrN4O. The van der Waals surface area contributed by atoms with Crippen LogP contribution in [0.1, 0.15) is 5.56 Å². The van der Waals surface area contributed by atoms with Gasteiger partial charge >= 0.3 is 0 Å². The fourth-order valence-electron chi connectivity index (χ4n) is 1.65. The van der Waals surface area contributed by atoms with Gasteiger partial charge in [-0.25, -0.2) is 0 Å². The number of nitrogens with zero attached hydrogens (tertiary/aromatic N) is 2. The summed E-state index contributed by atoms with van der Waals surface area (Å²) in [4.78, 5) is 4.22. The maximum absolute atomic E-state index is 9.00. The fourth-order valence-corrected chi connectivity index (χ4v) is 2.08. The Bertz CT molecular complexity index is 621. The van der Waals surface area contributed by atoms with Gasteiger partial charge in [-0.05, 0) is 28.1 Å². The third-order valence-electron chi connectivity index (χ3n) is 2.42. The molecule has 0 bridgehead atoms. The van der Waals surface area contributed by atoms with Crippen LogP contribution in [0.4, 0.5) is 5.69 Å². The summed E-state index contributed by atoms with van der Waals surface area (Å²) >= 11 is 3.40. The van der Waals surface area contributed by atoms with Crippen LogP contribution < -0.4 is 16.0 Å². The first-order chi connectivity index (χ1) is 8.22. The van der Waals surface area contributed by atoms with E-state index < -0.39 is 0 Å². The number of nitrogen functional groups attached to an aromatic ring is 1. The van der Waals surface area contributed by atoms with Crippen LogP contribution in [0.15, 0.2) is 22.8 Å². The third kappa shape index (κ3) is 1.79. The monoisotopic (exact) mass is 292 g/mol. The Labute approximate surface area is 106 Å². The van der Waals surface area contributed by atoms with Crippen molar-refractivity contribution in [3.8, 4) is 11.8 Å². The van der Waals surface area contributed by atoms with Crippen LogP contribution in [0.3, 0.4) is 0 Å². The number of fused-ring (bicyclic) bond motifs is 1. The number of hydrazine groups is 1. The molecule has 0 aliphatic rings. The molecular weight excluding hydrogens is 284 g/mol. The Balaban J connectivity index is 2.96. The first-order valence-electron chi connectivity index (χ1n) is 4.74. The van der Waals surface area contributed by atoms with Gasteiger partial charge in [0.2, 0.25) is 0 Å². The Hall–Kier alpha value is -1.84. The van der Waals surface area contributed by atoms with Crippen molar-refractivity contribution < 1.29 is 4.74 Å². The minimum absolute atomic E-state index is 0.372. The summed E-state index contributed by atoms with van der Waals surface area (Å²) in [5, 5.41) is 9.69. The molecule has 5 nitrogen and oxygen atoms in total. The van der Waals surface area contributed by atoms with Crippen molar-refractivity contribution >= 4 is 32.5 Å². The molecule has 0 unspecified atom stereocenters. The van der Waals surface area contributed by atoms with Crippen molar-refractivity contribution in [2.75, 3.05) is 12.5 Å². The van der Waals surface area contributed by atoms with Crippen molar-refractivity contribution in [2.24, 2.45) is 5.84 Å². The van der Waals surface area contributed by atoms with E-state index in [0.29, 0.717) is 27.9 Å². The zero-order valence-corrected chi connectivity index (χ0v) is 10.6. The minimum atomic E-state index is 0.372. The number of hydrogen-bond acceptors (Lipinski definition) is 5. The standard InChI is InChI=1S/C11H9BrN4O/c1-17-8-3-2-7(12)11-9(8)10(16-14)6(4-13)5-15-11/h2-3,5H,14H2,1H3,(H,15,16). The largest absolute Gasteiger partial charge is 0.496 e. The number of hydrogen-bond donors (Lipinski definition) is 2. The maximum atomic E-state index is 9.00. The molecule has 6 heteroatoms. The average molecular weight is 293 g/mol. The number of ether oxygens (including phenoxy) is 1. The molecule has 2 aromatic rings. The van der Waals surface area contributed by atoms with Crippen LogP contribution in [0.25, 0.3) is 10.9 Å². The summed E-state index contributed by atoms with van der Waals surface area (Å²) in [5.74, 6) is 6.08. The van der Waals surface area contributed by atoms with E-state index in [-0.39, 0.29) is 0 Å². The third-order valence-corrected chi connectivity index (χ3v) is 3.06. The van der Waals surface area contributed by atoms with E-state index in [9.17, 15) is 0 Å². The van der Waals surface area contributed by atoms with Crippen molar-refractivity contribution in [3.05, 3.63) is 28.4 Å². The molecule has 1 aromatic carbocycles. The lowest BCUT2D eigenvalue weighted by atomic mass is 10.1. The molecule has 0 aliphatic carbocycles. The number of aromatic nitrogens is 1. The molecule has 0 atom stereocenters. The maximum Gasteiger partial charge on any atom is 0.130 e. The first kappa shape index (κ1) is 11.6. The van der Waals surface area contributed by atoms with Crippen LogP contribution in [-0.4, -0.2) is 12.1 Å². The minimum Gasteiger partial charge on any atom is -0.496 e. The van der Waals surface area contributed by atoms with Crippen molar-refractivity contribution in [3.63, 3.8) is 0 Å². The predicted molar refractivity (Wildman–Crippen MR) is 68.5 cm³/mol. The first-order valence-corrected chi connectivity index (χ1v) is 5.54. The average Bonchev–Trinajstić information content (AvgIpc) is 2.38. The van der Waals surface area contributed by atoms with Crippen LogP contribution in [0, 0.1) is 11.3 Å². The Morgan fingerprint density at radius 3 is 2.88 bits per heavy atom. The molecule has 0 saturated carbocycles. The van der Waals surface area contributed by atoms with Gasteiger partial charge in [0.25, 0.3) is 0 Å². The van der Waals surface area contributed by atoms with Gasteiger partial charge in [-0.2, -0.15) is 5.26 Å². The van der Waals surface area contributed by atoms with E-state index in [0.717, 1.165) is 4.47 Å². The van der Waals surface area contributed by atoms with Gasteiger partial charge in [0, 0.05) is 10.7 Å². The number of benzene rings is 1. The van der Waals surface area contributed by atoms with Gasteiger partial charge in [0.15, 0.2) is 0 Å². The van der Waals surface area contributed by atoms with E-state index >= 15 is 0 Å². The molecule has 86 valence electrons. The van der Waals surface area contributed by atoms with Crippen LogP contribution in [0.5, 0.6) is 5.75 Å². The van der Waals surface area contributed by atoms with Gasteiger partial charge in [0.05, 0.1) is 29.3 Å². The molecule has 2 rings (SSSR count). The highest BCUT2D eigenvalue weighted by molar-refractivity contribution is 9.10. The molecule has 0 aliphatic heterocycles. The number of nitrogens with two attached hydrogens (primary N) is 1. The topological polar surface area (TPSA) is 84.0 Å². The predicted octanol–water partition coefficient (Wildman–Crippen LogP) is 2.16. The smallest absolute Gasteiger partial charge is 0.130 e. The quantitative estimate of drug-likeness (QED) is 0.655. The molecule has 0 saturated heterocycles. The normalized spacial score (nSPS) is 10.0. The molecule has 1 heterocycles. The van der Waals surface area contributed by atoms with Crippen LogP contribution in [0.2, 0.25) is 0 Å². The highest BCUT2D eigenvalue weighted by atomic mass is 79.9. The van der Waals surface area contributed by atoms with E-state index in [2.05, 4.69) is 26.3 Å². The summed E-state index contributed by atoms with van der Waals surface area (Å²) < 4.78 is 6.07. The summed E-state index contributed by atoms with van der Waals surface area (Å²) in [6.45, 7) is 0. The highest BCUT2D eigenvalue weighted by Gasteiger charge is 2.14. The number of anilines is 1. The van der Waals surface area contributed by atoms with E-state index in [1.165, 1.54) is 6.20 Å². The molecule has 17 heavy (non-hydrogen) atoms. The fraction of sp³-hybridized carbons (Fsp3) is 0.0909. The Morgan fingerprint density at radius 2 is 2.29 bits per heavy atom. The van der Waals surface area contributed by atoms with Gasteiger partial charge in [-0.15, -0.1) is 0 Å². The number of rotatable bonds is 2. The number of nitriles is 1. The number of halogens is 1. The van der Waals surface area contributed by atoms with Crippen LogP contribution in [-0.2, 0) is 0 Å². The Kier molecular flexibility index (Phi) is 3.13. The molecule has 0 spiro atoms. The highest BCUT2D eigenvalue weighted by Crippen LogP contribution is 2.36. The summed E-state index contributed by atoms with van der Waals surface area (Å²) in [6, 6.07) is 5.66. The molecule has 0 radical (unpaired) electrons. The summed E-state index contributed by atoms with van der Waals surface area (Å²) in [5.41, 5.74) is 4.10. The molecule has 1 aromatic heterocycles. The van der Waals surface area contributed by atoms with E-state index in [1.807, 2.05) is 12.1 Å². The molecule has 0 fully saturated rings. The van der Waals surface area contributed by atoms with Crippen molar-refractivity contribution in [1.29, 1.82) is 5.26 Å².